The summed E-state index contributed by atoms with van der Waals surface area (Å²) in [4.78, 5) is 19.0. The fourth-order valence-corrected chi connectivity index (χ4v) is 3.72. The Morgan fingerprint density at radius 1 is 1.12 bits per heavy atom. The van der Waals surface area contributed by atoms with Gasteiger partial charge in [-0.2, -0.15) is 0 Å². The molecule has 0 bridgehead atoms. The first-order chi connectivity index (χ1) is 12.7. The van der Waals surface area contributed by atoms with Crippen LogP contribution in [0, 0.1) is 0 Å². The van der Waals surface area contributed by atoms with Gasteiger partial charge in [-0.05, 0) is 50.2 Å². The van der Waals surface area contributed by atoms with E-state index in [1.54, 1.807) is 16.7 Å². The zero-order valence-electron chi connectivity index (χ0n) is 14.9. The number of carbonyl (C=O) groups is 1. The van der Waals surface area contributed by atoms with Crippen LogP contribution in [-0.2, 0) is 4.79 Å². The molecule has 0 N–H and O–H groups in total. The van der Waals surface area contributed by atoms with E-state index in [0.717, 1.165) is 17.2 Å². The highest BCUT2D eigenvalue weighted by molar-refractivity contribution is 8.14. The number of hydrogen-bond donors (Lipinski definition) is 0. The van der Waals surface area contributed by atoms with E-state index in [9.17, 15) is 4.79 Å². The highest BCUT2D eigenvalue weighted by Gasteiger charge is 2.32. The first-order valence-electron chi connectivity index (χ1n) is 8.61. The fraction of sp³-hybridized carbons (Fsp3) is 0.300. The summed E-state index contributed by atoms with van der Waals surface area (Å²) in [5, 5.41) is 0.711. The summed E-state index contributed by atoms with van der Waals surface area (Å²) in [7, 11) is 0. The minimum absolute atomic E-state index is 0.00277. The molecule has 136 valence electrons. The number of thioether (sulfide) groups is 1. The number of ether oxygens (including phenoxy) is 2. The van der Waals surface area contributed by atoms with Gasteiger partial charge in [0.05, 0.1) is 12.3 Å². The van der Waals surface area contributed by atoms with E-state index in [0.29, 0.717) is 17.5 Å². The molecular formula is C20H22N2O3S. The van der Waals surface area contributed by atoms with Crippen LogP contribution in [0.1, 0.15) is 13.8 Å². The number of nitrogens with zero attached hydrogens (tertiary/aromatic N) is 2. The summed E-state index contributed by atoms with van der Waals surface area (Å²) in [6.45, 7) is 4.60. The van der Waals surface area contributed by atoms with E-state index in [-0.39, 0.29) is 18.6 Å². The topological polar surface area (TPSA) is 51.1 Å². The van der Waals surface area contributed by atoms with Crippen LogP contribution in [0.2, 0.25) is 0 Å². The van der Waals surface area contributed by atoms with Gasteiger partial charge in [0.25, 0.3) is 5.91 Å². The maximum absolute atomic E-state index is 12.7. The van der Waals surface area contributed by atoms with E-state index >= 15 is 0 Å². The minimum atomic E-state index is -0.0870. The normalized spacial score (nSPS) is 18.2. The maximum Gasteiger partial charge on any atom is 0.266 e. The van der Waals surface area contributed by atoms with Gasteiger partial charge in [-0.3, -0.25) is 9.69 Å². The van der Waals surface area contributed by atoms with Crippen molar-refractivity contribution in [3.8, 4) is 11.5 Å². The van der Waals surface area contributed by atoms with Gasteiger partial charge in [-0.1, -0.05) is 30.0 Å². The van der Waals surface area contributed by atoms with Crippen molar-refractivity contribution in [1.29, 1.82) is 0 Å². The van der Waals surface area contributed by atoms with Crippen LogP contribution < -0.4 is 9.47 Å². The molecule has 0 unspecified atom stereocenters. The Morgan fingerprint density at radius 3 is 2.50 bits per heavy atom. The molecule has 1 aliphatic heterocycles. The molecule has 2 aromatic carbocycles. The van der Waals surface area contributed by atoms with Crippen LogP contribution in [0.15, 0.2) is 59.6 Å². The average Bonchev–Trinajstić information content (AvgIpc) is 3.03. The van der Waals surface area contributed by atoms with Gasteiger partial charge < -0.3 is 9.47 Å². The molecule has 6 heteroatoms. The van der Waals surface area contributed by atoms with E-state index in [1.165, 1.54) is 0 Å². The summed E-state index contributed by atoms with van der Waals surface area (Å²) in [6, 6.07) is 17.0. The second kappa shape index (κ2) is 8.76. The predicted octanol–water partition coefficient (Wildman–Crippen LogP) is 4.12. The van der Waals surface area contributed by atoms with Gasteiger partial charge in [-0.25, -0.2) is 4.99 Å². The standard InChI is InChI=1S/C20H22N2O3S/c1-3-24-18-11-9-16(10-12-18)21-20-22(15(2)14-26-20)19(23)13-25-17-7-5-4-6-8-17/h4-12,15H,3,13-14H2,1-2H3/t15-/m1/s1. The van der Waals surface area contributed by atoms with E-state index in [4.69, 9.17) is 9.47 Å². The molecule has 1 atom stereocenters. The van der Waals surface area contributed by atoms with E-state index in [2.05, 4.69) is 4.99 Å². The second-order valence-corrected chi connectivity index (χ2v) is 6.83. The first kappa shape index (κ1) is 18.3. The van der Waals surface area contributed by atoms with Crippen molar-refractivity contribution in [2.75, 3.05) is 19.0 Å². The number of carbonyl (C=O) groups excluding carboxylic acids is 1. The van der Waals surface area contributed by atoms with Crippen LogP contribution in [-0.4, -0.2) is 41.0 Å². The lowest BCUT2D eigenvalue weighted by Crippen LogP contribution is -2.40. The zero-order valence-corrected chi connectivity index (χ0v) is 15.7. The van der Waals surface area contributed by atoms with E-state index in [1.807, 2.05) is 68.4 Å². The third kappa shape index (κ3) is 4.58. The number of amidine groups is 1. The number of amides is 1. The van der Waals surface area contributed by atoms with Crippen molar-refractivity contribution < 1.29 is 14.3 Å². The molecule has 0 saturated carbocycles. The number of para-hydroxylation sites is 1. The largest absolute Gasteiger partial charge is 0.494 e. The lowest BCUT2D eigenvalue weighted by molar-refractivity contribution is -0.130. The predicted molar refractivity (Wildman–Crippen MR) is 105 cm³/mol. The number of aliphatic imine (C=N–C) groups is 1. The van der Waals surface area contributed by atoms with Crippen LogP contribution in [0.4, 0.5) is 5.69 Å². The molecule has 5 nitrogen and oxygen atoms in total. The van der Waals surface area contributed by atoms with Crippen molar-refractivity contribution in [2.24, 2.45) is 4.99 Å². The van der Waals surface area contributed by atoms with Gasteiger partial charge >= 0.3 is 0 Å². The monoisotopic (exact) mass is 370 g/mol. The lowest BCUT2D eigenvalue weighted by Gasteiger charge is -2.21. The number of hydrogen-bond acceptors (Lipinski definition) is 5. The van der Waals surface area contributed by atoms with Crippen molar-refractivity contribution in [2.45, 2.75) is 19.9 Å². The van der Waals surface area contributed by atoms with Gasteiger partial charge in [0.2, 0.25) is 0 Å². The molecule has 1 aliphatic rings. The summed E-state index contributed by atoms with van der Waals surface area (Å²) >= 11 is 1.59. The Morgan fingerprint density at radius 2 is 1.81 bits per heavy atom. The summed E-state index contributed by atoms with van der Waals surface area (Å²) in [5.74, 6) is 2.24. The van der Waals surface area contributed by atoms with Crippen LogP contribution >= 0.6 is 11.8 Å². The van der Waals surface area contributed by atoms with Gasteiger partial charge in [-0.15, -0.1) is 0 Å². The molecule has 26 heavy (non-hydrogen) atoms. The quantitative estimate of drug-likeness (QED) is 0.768. The summed E-state index contributed by atoms with van der Waals surface area (Å²) < 4.78 is 11.0. The van der Waals surface area contributed by atoms with Gasteiger partial charge in [0.15, 0.2) is 11.8 Å². The Bertz CT molecular complexity index is 762. The molecule has 1 heterocycles. The molecule has 1 amide bonds. The van der Waals surface area contributed by atoms with Crippen molar-refractivity contribution in [3.63, 3.8) is 0 Å². The molecule has 2 aromatic rings. The van der Waals surface area contributed by atoms with E-state index < -0.39 is 0 Å². The molecule has 0 aromatic heterocycles. The second-order valence-electron chi connectivity index (χ2n) is 5.85. The lowest BCUT2D eigenvalue weighted by atomic mass is 10.3. The zero-order chi connectivity index (χ0) is 18.4. The highest BCUT2D eigenvalue weighted by Crippen LogP contribution is 2.28. The molecule has 0 spiro atoms. The third-order valence-corrected chi connectivity index (χ3v) is 5.04. The van der Waals surface area contributed by atoms with Crippen molar-refractivity contribution in [3.05, 3.63) is 54.6 Å². The SMILES string of the molecule is CCOc1ccc(N=C2SC[C@@H](C)N2C(=O)COc2ccccc2)cc1. The number of benzene rings is 2. The molecule has 3 rings (SSSR count). The van der Waals surface area contributed by atoms with Gasteiger partial charge in [0, 0.05) is 11.8 Å². The van der Waals surface area contributed by atoms with Crippen LogP contribution in [0.5, 0.6) is 11.5 Å². The van der Waals surface area contributed by atoms with Crippen LogP contribution in [0.3, 0.4) is 0 Å². The molecule has 1 fully saturated rings. The fourth-order valence-electron chi connectivity index (χ4n) is 2.59. The Kier molecular flexibility index (Phi) is 6.17. The van der Waals surface area contributed by atoms with Crippen LogP contribution in [0.25, 0.3) is 0 Å². The van der Waals surface area contributed by atoms with Crippen molar-refractivity contribution >= 4 is 28.5 Å². The average molecular weight is 370 g/mol. The molecule has 1 saturated heterocycles. The third-order valence-electron chi connectivity index (χ3n) is 3.85. The maximum atomic E-state index is 12.7. The first-order valence-corrected chi connectivity index (χ1v) is 9.60. The molecular weight excluding hydrogens is 348 g/mol. The summed E-state index contributed by atoms with van der Waals surface area (Å²) in [5.41, 5.74) is 0.798. The summed E-state index contributed by atoms with van der Waals surface area (Å²) in [6.07, 6.45) is 0. The Balaban J connectivity index is 1.69. The smallest absolute Gasteiger partial charge is 0.266 e. The van der Waals surface area contributed by atoms with Gasteiger partial charge in [0.1, 0.15) is 11.5 Å². The minimum Gasteiger partial charge on any atom is -0.494 e. The molecule has 0 aliphatic carbocycles. The van der Waals surface area contributed by atoms with Crippen molar-refractivity contribution in [1.82, 2.24) is 4.90 Å². The molecule has 0 radical (unpaired) electrons. The number of rotatable bonds is 6. The Hall–Kier alpha value is -2.47. The highest BCUT2D eigenvalue weighted by atomic mass is 32.2. The Labute approximate surface area is 158 Å².